The van der Waals surface area contributed by atoms with Crippen LogP contribution in [-0.2, 0) is 0 Å². The van der Waals surface area contributed by atoms with Crippen LogP contribution in [0.4, 0.5) is 8.78 Å². The van der Waals surface area contributed by atoms with Crippen LogP contribution >= 0.6 is 0 Å². The highest BCUT2D eigenvalue weighted by atomic mass is 19.3. The van der Waals surface area contributed by atoms with Gasteiger partial charge in [-0.15, -0.1) is 0 Å². The Balaban J connectivity index is 2.25. The quantitative estimate of drug-likeness (QED) is 0.864. The summed E-state index contributed by atoms with van der Waals surface area (Å²) in [7, 11) is 0. The normalized spacial score (nSPS) is 14.8. The molecule has 0 atom stereocenters. The van der Waals surface area contributed by atoms with E-state index in [1.165, 1.54) is 18.2 Å². The van der Waals surface area contributed by atoms with E-state index in [1.54, 1.807) is 0 Å². The fourth-order valence-corrected chi connectivity index (χ4v) is 1.29. The highest BCUT2D eigenvalue weighted by molar-refractivity contribution is 5.88. The monoisotopic (exact) mass is 244 g/mol. The number of carbonyl (C=O) groups is 1. The third-order valence-electron chi connectivity index (χ3n) is 2.22. The molecule has 0 saturated heterocycles. The zero-order valence-corrected chi connectivity index (χ0v) is 8.73. The first kappa shape index (κ1) is 11.6. The number of carboxylic acid groups (broad SMARTS) is 1. The number of carboxylic acids is 1. The van der Waals surface area contributed by atoms with Crippen LogP contribution in [0.15, 0.2) is 18.2 Å². The van der Waals surface area contributed by atoms with E-state index < -0.39 is 12.6 Å². The van der Waals surface area contributed by atoms with Crippen molar-refractivity contribution in [2.24, 2.45) is 0 Å². The van der Waals surface area contributed by atoms with Gasteiger partial charge in [-0.2, -0.15) is 8.78 Å². The molecule has 1 aromatic carbocycles. The Morgan fingerprint density at radius 3 is 2.59 bits per heavy atom. The predicted molar refractivity (Wildman–Crippen MR) is 53.7 cm³/mol. The summed E-state index contributed by atoms with van der Waals surface area (Å²) in [6, 6.07) is 3.56. The van der Waals surface area contributed by atoms with Crippen LogP contribution in [0.25, 0.3) is 0 Å². The Kier molecular flexibility index (Phi) is 3.12. The summed E-state index contributed by atoms with van der Waals surface area (Å²) in [5.41, 5.74) is -0.0257. The van der Waals surface area contributed by atoms with Crippen molar-refractivity contribution in [1.82, 2.24) is 0 Å². The van der Waals surface area contributed by atoms with Gasteiger partial charge >= 0.3 is 12.6 Å². The van der Waals surface area contributed by atoms with Crippen LogP contribution in [0, 0.1) is 0 Å². The van der Waals surface area contributed by atoms with Crippen molar-refractivity contribution in [3.63, 3.8) is 0 Å². The van der Waals surface area contributed by atoms with Gasteiger partial charge in [-0.1, -0.05) is 0 Å². The van der Waals surface area contributed by atoms with E-state index >= 15 is 0 Å². The molecule has 1 saturated carbocycles. The predicted octanol–water partition coefficient (Wildman–Crippen LogP) is 2.53. The van der Waals surface area contributed by atoms with E-state index in [1.807, 2.05) is 0 Å². The summed E-state index contributed by atoms with van der Waals surface area (Å²) >= 11 is 0. The molecule has 1 aliphatic carbocycles. The highest BCUT2D eigenvalue weighted by Crippen LogP contribution is 2.35. The van der Waals surface area contributed by atoms with E-state index in [0.717, 1.165) is 12.8 Å². The lowest BCUT2D eigenvalue weighted by molar-refractivity contribution is -0.0516. The number of alkyl halides is 2. The van der Waals surface area contributed by atoms with Crippen molar-refractivity contribution < 1.29 is 28.2 Å². The van der Waals surface area contributed by atoms with Crippen molar-refractivity contribution in [2.75, 3.05) is 0 Å². The molecule has 4 nitrogen and oxygen atoms in total. The molecule has 0 bridgehead atoms. The highest BCUT2D eigenvalue weighted by Gasteiger charge is 2.26. The van der Waals surface area contributed by atoms with Gasteiger partial charge in [0.05, 0.1) is 11.7 Å². The maximum atomic E-state index is 12.1. The van der Waals surface area contributed by atoms with E-state index in [-0.39, 0.29) is 23.2 Å². The maximum Gasteiger partial charge on any atom is 0.387 e. The average Bonchev–Trinajstić information content (AvgIpc) is 3.03. The molecule has 17 heavy (non-hydrogen) atoms. The third-order valence-corrected chi connectivity index (χ3v) is 2.22. The van der Waals surface area contributed by atoms with Crippen LogP contribution in [0.5, 0.6) is 11.5 Å². The fourth-order valence-electron chi connectivity index (χ4n) is 1.29. The Bertz CT molecular complexity index is 429. The first-order chi connectivity index (χ1) is 8.06. The van der Waals surface area contributed by atoms with E-state index in [2.05, 4.69) is 4.74 Å². The minimum atomic E-state index is -2.97. The van der Waals surface area contributed by atoms with Gasteiger partial charge in [-0.25, -0.2) is 4.79 Å². The topological polar surface area (TPSA) is 55.8 Å². The average molecular weight is 244 g/mol. The number of aromatic carboxylic acids is 1. The van der Waals surface area contributed by atoms with Crippen LogP contribution in [0.2, 0.25) is 0 Å². The minimum Gasteiger partial charge on any atom is -0.487 e. The summed E-state index contributed by atoms with van der Waals surface area (Å²) < 4.78 is 33.8. The Morgan fingerprint density at radius 1 is 1.35 bits per heavy atom. The summed E-state index contributed by atoms with van der Waals surface area (Å²) in [4.78, 5) is 10.7. The second kappa shape index (κ2) is 4.57. The van der Waals surface area contributed by atoms with Gasteiger partial charge in [0.25, 0.3) is 0 Å². The van der Waals surface area contributed by atoms with Gasteiger partial charge in [-0.05, 0) is 31.0 Å². The second-order valence-electron chi connectivity index (χ2n) is 3.66. The van der Waals surface area contributed by atoms with Gasteiger partial charge in [0.1, 0.15) is 0 Å². The molecule has 1 fully saturated rings. The Hall–Kier alpha value is -1.85. The molecule has 2 rings (SSSR count). The zero-order chi connectivity index (χ0) is 12.4. The molecule has 92 valence electrons. The van der Waals surface area contributed by atoms with Gasteiger partial charge in [0, 0.05) is 0 Å². The number of rotatable bonds is 5. The molecule has 1 N–H and O–H groups in total. The smallest absolute Gasteiger partial charge is 0.387 e. The van der Waals surface area contributed by atoms with Crippen molar-refractivity contribution in [3.05, 3.63) is 23.8 Å². The third kappa shape index (κ3) is 3.05. The minimum absolute atomic E-state index is 0.0257. The van der Waals surface area contributed by atoms with Crippen LogP contribution in [0.3, 0.4) is 0 Å². The molecule has 0 heterocycles. The standard InChI is InChI=1S/C11H10F2O4/c12-11(13)17-8-4-1-6(10(14)15)5-9(8)16-7-2-3-7/h1,4-5,7,11H,2-3H2,(H,14,15). The molecule has 0 spiro atoms. The second-order valence-corrected chi connectivity index (χ2v) is 3.66. The molecule has 1 aliphatic rings. The van der Waals surface area contributed by atoms with E-state index in [0.29, 0.717) is 0 Å². The fraction of sp³-hybridized carbons (Fsp3) is 0.364. The molecule has 0 aromatic heterocycles. The molecule has 1 aromatic rings. The van der Waals surface area contributed by atoms with Crippen LogP contribution in [0.1, 0.15) is 23.2 Å². The number of hydrogen-bond donors (Lipinski definition) is 1. The van der Waals surface area contributed by atoms with Crippen molar-refractivity contribution >= 4 is 5.97 Å². The SMILES string of the molecule is O=C(O)c1ccc(OC(F)F)c(OC2CC2)c1. The van der Waals surface area contributed by atoms with Crippen molar-refractivity contribution in [2.45, 2.75) is 25.6 Å². The first-order valence-corrected chi connectivity index (χ1v) is 5.05. The summed E-state index contributed by atoms with van der Waals surface area (Å²) in [6.07, 6.45) is 1.65. The molecular formula is C11H10F2O4. The molecule has 0 unspecified atom stereocenters. The van der Waals surface area contributed by atoms with Gasteiger partial charge in [-0.3, -0.25) is 0 Å². The molecular weight excluding hydrogens is 234 g/mol. The molecule has 0 radical (unpaired) electrons. The number of benzene rings is 1. The zero-order valence-electron chi connectivity index (χ0n) is 8.73. The molecule has 0 amide bonds. The van der Waals surface area contributed by atoms with Gasteiger partial charge in [0.2, 0.25) is 0 Å². The molecule has 6 heteroatoms. The number of ether oxygens (including phenoxy) is 2. The lowest BCUT2D eigenvalue weighted by Crippen LogP contribution is -2.07. The largest absolute Gasteiger partial charge is 0.487 e. The lowest BCUT2D eigenvalue weighted by Gasteiger charge is -2.12. The van der Waals surface area contributed by atoms with Crippen LogP contribution < -0.4 is 9.47 Å². The van der Waals surface area contributed by atoms with E-state index in [4.69, 9.17) is 9.84 Å². The van der Waals surface area contributed by atoms with Crippen molar-refractivity contribution in [3.8, 4) is 11.5 Å². The van der Waals surface area contributed by atoms with Gasteiger partial charge in [0.15, 0.2) is 11.5 Å². The molecule has 0 aliphatic heterocycles. The van der Waals surface area contributed by atoms with Crippen molar-refractivity contribution in [1.29, 1.82) is 0 Å². The maximum absolute atomic E-state index is 12.1. The van der Waals surface area contributed by atoms with Crippen LogP contribution in [-0.4, -0.2) is 23.8 Å². The summed E-state index contributed by atoms with van der Waals surface area (Å²) in [5, 5.41) is 8.79. The van der Waals surface area contributed by atoms with Gasteiger partial charge < -0.3 is 14.6 Å². The Morgan fingerprint density at radius 2 is 2.06 bits per heavy atom. The summed E-state index contributed by atoms with van der Waals surface area (Å²) in [5.74, 6) is -1.24. The summed E-state index contributed by atoms with van der Waals surface area (Å²) in [6.45, 7) is -2.97. The number of hydrogen-bond acceptors (Lipinski definition) is 3. The Labute approximate surface area is 95.8 Å². The first-order valence-electron chi connectivity index (χ1n) is 5.05. The van der Waals surface area contributed by atoms with E-state index in [9.17, 15) is 13.6 Å². The number of halogens is 2. The lowest BCUT2D eigenvalue weighted by atomic mass is 10.2.